The molecule has 0 bridgehead atoms. The third-order valence-electron chi connectivity index (χ3n) is 2.74. The molecule has 2 rings (SSSR count). The van der Waals surface area contributed by atoms with E-state index in [9.17, 15) is 0 Å². The van der Waals surface area contributed by atoms with Crippen LogP contribution in [0.4, 0.5) is 0 Å². The zero-order chi connectivity index (χ0) is 10.8. The van der Waals surface area contributed by atoms with Gasteiger partial charge >= 0.3 is 0 Å². The maximum absolute atomic E-state index is 4.61. The van der Waals surface area contributed by atoms with Crippen molar-refractivity contribution in [2.75, 3.05) is 0 Å². The van der Waals surface area contributed by atoms with Crippen LogP contribution in [0.1, 0.15) is 32.1 Å². The SMILES string of the molecule is CCC1=C(C)/C(=C\c2cccs2)N=C1C. The summed E-state index contributed by atoms with van der Waals surface area (Å²) in [6, 6.07) is 4.20. The number of aliphatic imine (C=N–C) groups is 1. The Kier molecular flexibility index (Phi) is 2.87. The van der Waals surface area contributed by atoms with Gasteiger partial charge in [-0.25, -0.2) is 0 Å². The zero-order valence-electron chi connectivity index (χ0n) is 9.37. The molecule has 0 N–H and O–H groups in total. The number of rotatable bonds is 2. The van der Waals surface area contributed by atoms with Crippen molar-refractivity contribution in [2.45, 2.75) is 27.2 Å². The molecule has 0 saturated carbocycles. The van der Waals surface area contributed by atoms with Crippen LogP contribution in [0.15, 0.2) is 39.3 Å². The molecule has 1 aliphatic heterocycles. The highest BCUT2D eigenvalue weighted by Gasteiger charge is 2.15. The van der Waals surface area contributed by atoms with Gasteiger partial charge in [0.25, 0.3) is 0 Å². The summed E-state index contributed by atoms with van der Waals surface area (Å²) in [4.78, 5) is 5.88. The fourth-order valence-electron chi connectivity index (χ4n) is 1.93. The molecule has 78 valence electrons. The first kappa shape index (κ1) is 10.4. The van der Waals surface area contributed by atoms with Crippen LogP contribution in [0.2, 0.25) is 0 Å². The van der Waals surface area contributed by atoms with Crippen LogP contribution in [0, 0.1) is 0 Å². The summed E-state index contributed by atoms with van der Waals surface area (Å²) in [5, 5.41) is 2.09. The van der Waals surface area contributed by atoms with E-state index in [1.165, 1.54) is 21.7 Å². The number of allylic oxidation sites excluding steroid dienone is 2. The molecule has 1 aromatic rings. The number of nitrogens with zero attached hydrogens (tertiary/aromatic N) is 1. The van der Waals surface area contributed by atoms with Crippen LogP contribution in [-0.2, 0) is 0 Å². The van der Waals surface area contributed by atoms with E-state index in [1.54, 1.807) is 11.3 Å². The smallest absolute Gasteiger partial charge is 0.0679 e. The third kappa shape index (κ3) is 1.95. The molecule has 0 spiro atoms. The second-order valence-electron chi connectivity index (χ2n) is 3.70. The van der Waals surface area contributed by atoms with Crippen molar-refractivity contribution in [1.29, 1.82) is 0 Å². The second kappa shape index (κ2) is 4.15. The molecule has 0 fully saturated rings. The maximum atomic E-state index is 4.61. The van der Waals surface area contributed by atoms with E-state index in [0.29, 0.717) is 0 Å². The van der Waals surface area contributed by atoms with E-state index in [0.717, 1.165) is 12.1 Å². The molecule has 1 aliphatic rings. The molecule has 0 aliphatic carbocycles. The van der Waals surface area contributed by atoms with Gasteiger partial charge < -0.3 is 0 Å². The molecule has 2 heterocycles. The van der Waals surface area contributed by atoms with Gasteiger partial charge in [0.05, 0.1) is 5.70 Å². The van der Waals surface area contributed by atoms with E-state index >= 15 is 0 Å². The molecule has 0 atom stereocenters. The Balaban J connectivity index is 2.38. The minimum Gasteiger partial charge on any atom is -0.253 e. The standard InChI is InChI=1S/C13H15NS/c1-4-12-9(2)13(14-10(12)3)8-11-6-5-7-15-11/h5-8H,4H2,1-3H3/b13-8+. The summed E-state index contributed by atoms with van der Waals surface area (Å²) in [5.41, 5.74) is 5.05. The first-order valence-electron chi connectivity index (χ1n) is 5.23. The number of thiophene rings is 1. The predicted molar refractivity (Wildman–Crippen MR) is 68.4 cm³/mol. The van der Waals surface area contributed by atoms with Gasteiger partial charge in [0.15, 0.2) is 0 Å². The molecule has 1 nitrogen and oxygen atoms in total. The van der Waals surface area contributed by atoms with Crippen LogP contribution in [-0.4, -0.2) is 5.71 Å². The fraction of sp³-hybridized carbons (Fsp3) is 0.308. The lowest BCUT2D eigenvalue weighted by Crippen LogP contribution is -1.91. The van der Waals surface area contributed by atoms with Crippen molar-refractivity contribution in [3.05, 3.63) is 39.2 Å². The van der Waals surface area contributed by atoms with E-state index in [4.69, 9.17) is 0 Å². The zero-order valence-corrected chi connectivity index (χ0v) is 10.2. The van der Waals surface area contributed by atoms with Crippen molar-refractivity contribution in [3.63, 3.8) is 0 Å². The van der Waals surface area contributed by atoms with Gasteiger partial charge in [0.1, 0.15) is 0 Å². The minimum absolute atomic E-state index is 1.07. The Morgan fingerprint density at radius 2 is 2.20 bits per heavy atom. The molecule has 0 radical (unpaired) electrons. The summed E-state index contributed by atoms with van der Waals surface area (Å²) < 4.78 is 0. The van der Waals surface area contributed by atoms with Crippen LogP contribution in [0.25, 0.3) is 6.08 Å². The monoisotopic (exact) mass is 217 g/mol. The topological polar surface area (TPSA) is 12.4 Å². The molecule has 2 heteroatoms. The van der Waals surface area contributed by atoms with Crippen molar-refractivity contribution in [1.82, 2.24) is 0 Å². The highest BCUT2D eigenvalue weighted by atomic mass is 32.1. The average Bonchev–Trinajstić information content (AvgIpc) is 2.78. The fourth-order valence-corrected chi connectivity index (χ4v) is 2.58. The lowest BCUT2D eigenvalue weighted by molar-refractivity contribution is 1.15. The van der Waals surface area contributed by atoms with Crippen LogP contribution >= 0.6 is 11.3 Å². The van der Waals surface area contributed by atoms with Crippen LogP contribution in [0.5, 0.6) is 0 Å². The van der Waals surface area contributed by atoms with Gasteiger partial charge in [0.2, 0.25) is 0 Å². The van der Waals surface area contributed by atoms with Gasteiger partial charge in [-0.15, -0.1) is 11.3 Å². The normalized spacial score (nSPS) is 18.9. The molecule has 0 saturated heterocycles. The largest absolute Gasteiger partial charge is 0.253 e. The lowest BCUT2D eigenvalue weighted by atomic mass is 10.0. The van der Waals surface area contributed by atoms with Crippen molar-refractivity contribution in [3.8, 4) is 0 Å². The van der Waals surface area contributed by atoms with Gasteiger partial charge in [-0.2, -0.15) is 0 Å². The Labute approximate surface area is 94.9 Å². The van der Waals surface area contributed by atoms with E-state index < -0.39 is 0 Å². The Hall–Kier alpha value is -1.15. The molecule has 15 heavy (non-hydrogen) atoms. The van der Waals surface area contributed by atoms with Crippen molar-refractivity contribution >= 4 is 23.1 Å². The second-order valence-corrected chi connectivity index (χ2v) is 4.68. The van der Waals surface area contributed by atoms with E-state index in [2.05, 4.69) is 49.4 Å². The quantitative estimate of drug-likeness (QED) is 0.700. The lowest BCUT2D eigenvalue weighted by Gasteiger charge is -1.99. The first-order valence-corrected chi connectivity index (χ1v) is 6.11. The van der Waals surface area contributed by atoms with E-state index in [1.807, 2.05) is 0 Å². The van der Waals surface area contributed by atoms with Crippen molar-refractivity contribution in [2.24, 2.45) is 4.99 Å². The minimum atomic E-state index is 1.07. The summed E-state index contributed by atoms with van der Waals surface area (Å²) in [6.07, 6.45) is 3.25. The molecule has 0 aromatic carbocycles. The summed E-state index contributed by atoms with van der Waals surface area (Å²) in [6.45, 7) is 6.45. The number of hydrogen-bond donors (Lipinski definition) is 0. The molecule has 1 aromatic heterocycles. The molecule has 0 amide bonds. The molecular weight excluding hydrogens is 202 g/mol. The van der Waals surface area contributed by atoms with Crippen LogP contribution < -0.4 is 0 Å². The summed E-state index contributed by atoms with van der Waals surface area (Å²) in [5.74, 6) is 0. The summed E-state index contributed by atoms with van der Waals surface area (Å²) >= 11 is 1.75. The Morgan fingerprint density at radius 1 is 1.40 bits per heavy atom. The Bertz CT molecular complexity index is 447. The maximum Gasteiger partial charge on any atom is 0.0679 e. The third-order valence-corrected chi connectivity index (χ3v) is 3.56. The Morgan fingerprint density at radius 3 is 2.73 bits per heavy atom. The highest BCUT2D eigenvalue weighted by molar-refractivity contribution is 7.10. The first-order chi connectivity index (χ1) is 7.22. The van der Waals surface area contributed by atoms with E-state index in [-0.39, 0.29) is 0 Å². The van der Waals surface area contributed by atoms with Crippen LogP contribution in [0.3, 0.4) is 0 Å². The summed E-state index contributed by atoms with van der Waals surface area (Å²) in [7, 11) is 0. The average molecular weight is 217 g/mol. The number of hydrogen-bond acceptors (Lipinski definition) is 2. The van der Waals surface area contributed by atoms with Crippen molar-refractivity contribution < 1.29 is 0 Å². The molecular formula is C13H15NS. The van der Waals surface area contributed by atoms with Gasteiger partial charge in [-0.1, -0.05) is 13.0 Å². The highest BCUT2D eigenvalue weighted by Crippen LogP contribution is 2.29. The van der Waals surface area contributed by atoms with Gasteiger partial charge in [0, 0.05) is 10.6 Å². The van der Waals surface area contributed by atoms with Gasteiger partial charge in [-0.05, 0) is 48.9 Å². The predicted octanol–water partition coefficient (Wildman–Crippen LogP) is 4.29. The molecule has 0 unspecified atom stereocenters. The van der Waals surface area contributed by atoms with Gasteiger partial charge in [-0.3, -0.25) is 4.99 Å².